The predicted octanol–water partition coefficient (Wildman–Crippen LogP) is 2.55. The number of nitrogens with two attached hydrogens (primary N) is 1. The number of nitrogens with zero attached hydrogens (tertiary/aromatic N) is 2. The van der Waals surface area contributed by atoms with Crippen molar-refractivity contribution in [3.8, 4) is 0 Å². The van der Waals surface area contributed by atoms with E-state index >= 15 is 0 Å². The van der Waals surface area contributed by atoms with Gasteiger partial charge in [-0.15, -0.1) is 0 Å². The van der Waals surface area contributed by atoms with E-state index in [1.165, 1.54) is 0 Å². The second kappa shape index (κ2) is 3.95. The zero-order valence-corrected chi connectivity index (χ0v) is 10.8. The maximum absolute atomic E-state index is 12.4. The number of imidazole rings is 1. The van der Waals surface area contributed by atoms with Crippen LogP contribution >= 0.6 is 0 Å². The molecule has 0 unspecified atom stereocenters. The van der Waals surface area contributed by atoms with E-state index < -0.39 is 0 Å². The van der Waals surface area contributed by atoms with Gasteiger partial charge >= 0.3 is 5.69 Å². The number of benzene rings is 1. The van der Waals surface area contributed by atoms with Gasteiger partial charge in [0.2, 0.25) is 0 Å². The van der Waals surface area contributed by atoms with Crippen LogP contribution in [-0.2, 0) is 0 Å². The van der Waals surface area contributed by atoms with Crippen molar-refractivity contribution < 1.29 is 0 Å². The molecule has 0 saturated carbocycles. The van der Waals surface area contributed by atoms with Crippen LogP contribution in [0.5, 0.6) is 0 Å². The lowest BCUT2D eigenvalue weighted by Crippen LogP contribution is -2.26. The highest BCUT2D eigenvalue weighted by molar-refractivity contribution is 5.80. The summed E-state index contributed by atoms with van der Waals surface area (Å²) in [6.07, 6.45) is 0. The van der Waals surface area contributed by atoms with Crippen LogP contribution in [0.15, 0.2) is 23.0 Å². The second-order valence-electron chi connectivity index (χ2n) is 4.96. The highest BCUT2D eigenvalue weighted by Crippen LogP contribution is 2.22. The molecule has 0 spiro atoms. The Morgan fingerprint density at radius 1 is 1.00 bits per heavy atom. The van der Waals surface area contributed by atoms with Gasteiger partial charge in [-0.1, -0.05) is 0 Å². The second-order valence-corrected chi connectivity index (χ2v) is 4.96. The molecule has 0 bridgehead atoms. The first-order valence-corrected chi connectivity index (χ1v) is 5.95. The molecule has 2 N–H and O–H groups in total. The van der Waals surface area contributed by atoms with Crippen molar-refractivity contribution in [3.05, 3.63) is 28.7 Å². The van der Waals surface area contributed by atoms with E-state index in [1.54, 1.807) is 4.57 Å². The quantitative estimate of drug-likeness (QED) is 0.810. The van der Waals surface area contributed by atoms with Gasteiger partial charge in [-0.25, -0.2) is 4.79 Å². The summed E-state index contributed by atoms with van der Waals surface area (Å²) in [7, 11) is 0. The Labute approximate surface area is 101 Å². The lowest BCUT2D eigenvalue weighted by molar-refractivity contribution is 0.533. The van der Waals surface area contributed by atoms with E-state index in [9.17, 15) is 4.79 Å². The molecule has 0 saturated heterocycles. The van der Waals surface area contributed by atoms with Gasteiger partial charge in [0, 0.05) is 17.8 Å². The molecule has 4 nitrogen and oxygen atoms in total. The molecule has 0 aliphatic rings. The van der Waals surface area contributed by atoms with E-state index in [0.29, 0.717) is 5.69 Å². The van der Waals surface area contributed by atoms with Crippen LogP contribution in [0, 0.1) is 0 Å². The summed E-state index contributed by atoms with van der Waals surface area (Å²) in [6, 6.07) is 5.91. The van der Waals surface area contributed by atoms with Gasteiger partial charge in [0.1, 0.15) is 0 Å². The molecule has 2 aromatic rings. The van der Waals surface area contributed by atoms with Gasteiger partial charge < -0.3 is 5.73 Å². The third kappa shape index (κ3) is 1.73. The molecule has 17 heavy (non-hydrogen) atoms. The van der Waals surface area contributed by atoms with Crippen molar-refractivity contribution in [2.45, 2.75) is 39.8 Å². The maximum atomic E-state index is 12.4. The van der Waals surface area contributed by atoms with E-state index in [4.69, 9.17) is 5.73 Å². The van der Waals surface area contributed by atoms with Gasteiger partial charge in [-0.3, -0.25) is 9.13 Å². The molecule has 2 rings (SSSR count). The average molecular weight is 233 g/mol. The summed E-state index contributed by atoms with van der Waals surface area (Å²) in [5.74, 6) is 0. The van der Waals surface area contributed by atoms with Crippen LogP contribution in [0.3, 0.4) is 0 Å². The van der Waals surface area contributed by atoms with Crippen LogP contribution < -0.4 is 11.4 Å². The van der Waals surface area contributed by atoms with Crippen molar-refractivity contribution >= 4 is 16.7 Å². The normalized spacial score (nSPS) is 11.9. The summed E-state index contributed by atoms with van der Waals surface area (Å²) in [5, 5.41) is 0. The summed E-state index contributed by atoms with van der Waals surface area (Å²) in [6.45, 7) is 8.05. The third-order valence-electron chi connectivity index (χ3n) is 2.96. The van der Waals surface area contributed by atoms with E-state index in [-0.39, 0.29) is 17.8 Å². The molecule has 0 aliphatic carbocycles. The first-order chi connectivity index (χ1) is 7.93. The predicted molar refractivity (Wildman–Crippen MR) is 71.4 cm³/mol. The minimum atomic E-state index is 0.0376. The molecule has 0 radical (unpaired) electrons. The fourth-order valence-electron chi connectivity index (χ4n) is 2.26. The number of hydrogen-bond donors (Lipinski definition) is 1. The molecule has 0 fully saturated rings. The minimum Gasteiger partial charge on any atom is -0.399 e. The first kappa shape index (κ1) is 11.8. The summed E-state index contributed by atoms with van der Waals surface area (Å²) in [4.78, 5) is 12.4. The highest BCUT2D eigenvalue weighted by Gasteiger charge is 2.16. The number of aromatic nitrogens is 2. The molecule has 4 heteroatoms. The molecule has 1 heterocycles. The molecule has 92 valence electrons. The molecular weight excluding hydrogens is 214 g/mol. The zero-order chi connectivity index (χ0) is 12.7. The van der Waals surface area contributed by atoms with Gasteiger partial charge in [0.25, 0.3) is 0 Å². The Balaban J connectivity index is 2.93. The van der Waals surface area contributed by atoms with Crippen molar-refractivity contribution in [2.24, 2.45) is 0 Å². The molecule has 0 amide bonds. The number of hydrogen-bond acceptors (Lipinski definition) is 2. The van der Waals surface area contributed by atoms with Gasteiger partial charge in [0.15, 0.2) is 0 Å². The number of nitrogen functional groups attached to an aromatic ring is 1. The Kier molecular flexibility index (Phi) is 2.73. The molecule has 1 aromatic carbocycles. The third-order valence-corrected chi connectivity index (χ3v) is 2.96. The number of fused-ring (bicyclic) bond motifs is 1. The van der Waals surface area contributed by atoms with E-state index in [2.05, 4.69) is 0 Å². The lowest BCUT2D eigenvalue weighted by atomic mass is 10.2. The fourth-order valence-corrected chi connectivity index (χ4v) is 2.26. The largest absolute Gasteiger partial charge is 0.399 e. The molecule has 0 aliphatic heterocycles. The minimum absolute atomic E-state index is 0.0376. The smallest absolute Gasteiger partial charge is 0.329 e. The Bertz CT molecular complexity index is 605. The standard InChI is InChI=1S/C13H19N3O/c1-8(2)15-11-6-5-10(14)7-12(11)16(9(3)4)13(15)17/h5-9H,14H2,1-4H3. The van der Waals surface area contributed by atoms with E-state index in [0.717, 1.165) is 11.0 Å². The topological polar surface area (TPSA) is 53.0 Å². The lowest BCUT2D eigenvalue weighted by Gasteiger charge is -2.07. The van der Waals surface area contributed by atoms with Crippen molar-refractivity contribution in [1.29, 1.82) is 0 Å². The molecule has 1 aromatic heterocycles. The van der Waals surface area contributed by atoms with E-state index in [1.807, 2.05) is 50.5 Å². The fraction of sp³-hybridized carbons (Fsp3) is 0.462. The van der Waals surface area contributed by atoms with Crippen molar-refractivity contribution in [2.75, 3.05) is 5.73 Å². The van der Waals surface area contributed by atoms with Crippen molar-refractivity contribution in [1.82, 2.24) is 9.13 Å². The van der Waals surface area contributed by atoms with Crippen LogP contribution in [0.4, 0.5) is 5.69 Å². The molecular formula is C13H19N3O. The maximum Gasteiger partial charge on any atom is 0.329 e. The van der Waals surface area contributed by atoms with Gasteiger partial charge in [-0.05, 0) is 45.9 Å². The Hall–Kier alpha value is -1.71. The van der Waals surface area contributed by atoms with Crippen molar-refractivity contribution in [3.63, 3.8) is 0 Å². The monoisotopic (exact) mass is 233 g/mol. The van der Waals surface area contributed by atoms with Crippen LogP contribution in [0.25, 0.3) is 11.0 Å². The Morgan fingerprint density at radius 2 is 1.53 bits per heavy atom. The number of anilines is 1. The molecule has 0 atom stereocenters. The summed E-state index contributed by atoms with van der Waals surface area (Å²) < 4.78 is 3.61. The van der Waals surface area contributed by atoms with Crippen LogP contribution in [-0.4, -0.2) is 9.13 Å². The number of rotatable bonds is 2. The van der Waals surface area contributed by atoms with Crippen LogP contribution in [0.1, 0.15) is 39.8 Å². The highest BCUT2D eigenvalue weighted by atomic mass is 16.1. The Morgan fingerprint density at radius 3 is 2.06 bits per heavy atom. The van der Waals surface area contributed by atoms with Crippen LogP contribution in [0.2, 0.25) is 0 Å². The van der Waals surface area contributed by atoms with Gasteiger partial charge in [-0.2, -0.15) is 0 Å². The van der Waals surface area contributed by atoms with Gasteiger partial charge in [0.05, 0.1) is 11.0 Å². The summed E-state index contributed by atoms with van der Waals surface area (Å²) in [5.41, 5.74) is 8.40. The zero-order valence-electron chi connectivity index (χ0n) is 10.8. The first-order valence-electron chi connectivity index (χ1n) is 5.95. The SMILES string of the molecule is CC(C)n1c(=O)n(C(C)C)c2cc(N)ccc21. The average Bonchev–Trinajstić information content (AvgIpc) is 2.48. The summed E-state index contributed by atoms with van der Waals surface area (Å²) >= 11 is 0.